The summed E-state index contributed by atoms with van der Waals surface area (Å²) in [5.41, 5.74) is 7.79. The van der Waals surface area contributed by atoms with Crippen LogP contribution in [-0.2, 0) is 19.6 Å². The molecule has 4 heteroatoms. The van der Waals surface area contributed by atoms with Crippen molar-refractivity contribution < 1.29 is 0 Å². The second kappa shape index (κ2) is 8.30. The van der Waals surface area contributed by atoms with E-state index in [1.54, 1.807) is 0 Å². The maximum absolute atomic E-state index is 5.56. The molecule has 1 aromatic heterocycles. The first-order valence-corrected chi connectivity index (χ1v) is 6.15. The van der Waals surface area contributed by atoms with Crippen LogP contribution in [0.2, 0.25) is 0 Å². The molecule has 0 fully saturated rings. The van der Waals surface area contributed by atoms with E-state index >= 15 is 0 Å². The highest BCUT2D eigenvalue weighted by molar-refractivity contribution is 5.10. The zero-order valence-electron chi connectivity index (χ0n) is 11.3. The highest BCUT2D eigenvalue weighted by Gasteiger charge is 2.06. The van der Waals surface area contributed by atoms with Gasteiger partial charge in [0.15, 0.2) is 0 Å². The Morgan fingerprint density at radius 2 is 2.00 bits per heavy atom. The lowest BCUT2D eigenvalue weighted by molar-refractivity contribution is 0.332. The molecule has 0 saturated carbocycles. The monoisotopic (exact) mass is 226 g/mol. The summed E-state index contributed by atoms with van der Waals surface area (Å²) < 4.78 is 2.02. The van der Waals surface area contributed by atoms with Crippen molar-refractivity contribution in [2.45, 2.75) is 47.3 Å². The zero-order chi connectivity index (χ0) is 12.6. The van der Waals surface area contributed by atoms with Crippen molar-refractivity contribution >= 4 is 0 Å². The van der Waals surface area contributed by atoms with Gasteiger partial charge in [0, 0.05) is 19.6 Å². The SMILES string of the molecule is CC.CCN(C)Cc1cc(CN)nn1CC. The molecule has 0 aliphatic carbocycles. The first-order valence-electron chi connectivity index (χ1n) is 6.15. The van der Waals surface area contributed by atoms with Gasteiger partial charge < -0.3 is 10.6 Å². The second-order valence-electron chi connectivity index (χ2n) is 3.48. The van der Waals surface area contributed by atoms with Crippen molar-refractivity contribution in [3.63, 3.8) is 0 Å². The van der Waals surface area contributed by atoms with Crippen LogP contribution in [0.25, 0.3) is 0 Å². The minimum absolute atomic E-state index is 0.524. The van der Waals surface area contributed by atoms with Crippen molar-refractivity contribution in [3.05, 3.63) is 17.5 Å². The van der Waals surface area contributed by atoms with Gasteiger partial charge in [0.2, 0.25) is 0 Å². The van der Waals surface area contributed by atoms with E-state index in [1.165, 1.54) is 5.69 Å². The molecular formula is C12H26N4. The third-order valence-electron chi connectivity index (χ3n) is 2.39. The van der Waals surface area contributed by atoms with Crippen LogP contribution in [0.5, 0.6) is 0 Å². The zero-order valence-corrected chi connectivity index (χ0v) is 11.3. The number of rotatable bonds is 5. The Bertz CT molecular complexity index is 281. The number of hydrogen-bond donors (Lipinski definition) is 1. The summed E-state index contributed by atoms with van der Waals surface area (Å²) >= 11 is 0. The van der Waals surface area contributed by atoms with E-state index in [9.17, 15) is 0 Å². The van der Waals surface area contributed by atoms with Crippen LogP contribution in [-0.4, -0.2) is 28.3 Å². The third-order valence-corrected chi connectivity index (χ3v) is 2.39. The Morgan fingerprint density at radius 3 is 2.44 bits per heavy atom. The molecule has 0 bridgehead atoms. The predicted molar refractivity (Wildman–Crippen MR) is 69.1 cm³/mol. The molecule has 0 aliphatic rings. The lowest BCUT2D eigenvalue weighted by atomic mass is 10.3. The molecule has 16 heavy (non-hydrogen) atoms. The minimum atomic E-state index is 0.524. The molecule has 0 saturated heterocycles. The number of nitrogens with two attached hydrogens (primary N) is 1. The van der Waals surface area contributed by atoms with Gasteiger partial charge in [-0.15, -0.1) is 0 Å². The lowest BCUT2D eigenvalue weighted by Crippen LogP contribution is -2.19. The van der Waals surface area contributed by atoms with Gasteiger partial charge in [0.05, 0.1) is 11.4 Å². The topological polar surface area (TPSA) is 47.1 Å². The molecule has 0 atom stereocenters. The summed E-state index contributed by atoms with van der Waals surface area (Å²) in [6.07, 6.45) is 0. The summed E-state index contributed by atoms with van der Waals surface area (Å²) in [5.74, 6) is 0. The number of aromatic nitrogens is 2. The molecule has 0 aliphatic heterocycles. The van der Waals surface area contributed by atoms with Crippen molar-refractivity contribution in [1.82, 2.24) is 14.7 Å². The van der Waals surface area contributed by atoms with E-state index in [2.05, 4.69) is 37.0 Å². The maximum atomic E-state index is 5.56. The van der Waals surface area contributed by atoms with Crippen LogP contribution >= 0.6 is 0 Å². The van der Waals surface area contributed by atoms with Crippen LogP contribution in [0.15, 0.2) is 6.07 Å². The maximum Gasteiger partial charge on any atom is 0.0763 e. The van der Waals surface area contributed by atoms with Crippen LogP contribution in [0.3, 0.4) is 0 Å². The van der Waals surface area contributed by atoms with Gasteiger partial charge in [0.25, 0.3) is 0 Å². The van der Waals surface area contributed by atoms with Gasteiger partial charge in [-0.05, 0) is 26.6 Å². The Morgan fingerprint density at radius 1 is 1.38 bits per heavy atom. The summed E-state index contributed by atoms with van der Waals surface area (Å²) in [6, 6.07) is 2.09. The molecule has 0 radical (unpaired) electrons. The van der Waals surface area contributed by atoms with Gasteiger partial charge in [0.1, 0.15) is 0 Å². The molecule has 0 amide bonds. The van der Waals surface area contributed by atoms with Crippen molar-refractivity contribution in [1.29, 1.82) is 0 Å². The molecule has 2 N–H and O–H groups in total. The molecule has 0 unspecified atom stereocenters. The fourth-order valence-electron chi connectivity index (χ4n) is 1.40. The summed E-state index contributed by atoms with van der Waals surface area (Å²) in [7, 11) is 2.11. The van der Waals surface area contributed by atoms with Gasteiger partial charge in [-0.25, -0.2) is 0 Å². The largest absolute Gasteiger partial charge is 0.325 e. The molecule has 4 nitrogen and oxygen atoms in total. The van der Waals surface area contributed by atoms with E-state index in [-0.39, 0.29) is 0 Å². The number of nitrogens with zero attached hydrogens (tertiary/aromatic N) is 3. The number of aryl methyl sites for hydroxylation is 1. The van der Waals surface area contributed by atoms with Crippen molar-refractivity contribution in [2.24, 2.45) is 5.73 Å². The Hall–Kier alpha value is -0.870. The Labute approximate surface area is 99.4 Å². The van der Waals surface area contributed by atoms with Crippen LogP contribution < -0.4 is 5.73 Å². The van der Waals surface area contributed by atoms with Gasteiger partial charge in [-0.3, -0.25) is 4.68 Å². The van der Waals surface area contributed by atoms with Gasteiger partial charge in [-0.1, -0.05) is 20.8 Å². The quantitative estimate of drug-likeness (QED) is 0.833. The molecule has 1 heterocycles. The molecule has 1 rings (SSSR count). The van der Waals surface area contributed by atoms with Crippen LogP contribution in [0.1, 0.15) is 39.1 Å². The summed E-state index contributed by atoms with van der Waals surface area (Å²) in [5, 5.41) is 4.40. The predicted octanol–water partition coefficient (Wildman–Crippen LogP) is 1.84. The standard InChI is InChI=1S/C10H20N4.C2H6/c1-4-13(3)8-10-6-9(7-11)12-14(10)5-2;1-2/h6H,4-5,7-8,11H2,1-3H3;1-2H3. The minimum Gasteiger partial charge on any atom is -0.325 e. The van der Waals surface area contributed by atoms with E-state index in [1.807, 2.05) is 18.5 Å². The normalized spacial score (nSPS) is 10.2. The Balaban J connectivity index is 0.00000106. The van der Waals surface area contributed by atoms with Gasteiger partial charge in [-0.2, -0.15) is 5.10 Å². The van der Waals surface area contributed by atoms with E-state index < -0.39 is 0 Å². The smallest absolute Gasteiger partial charge is 0.0763 e. The summed E-state index contributed by atoms with van der Waals surface area (Å²) in [6.45, 7) is 11.7. The third kappa shape index (κ3) is 4.33. The van der Waals surface area contributed by atoms with Crippen LogP contribution in [0, 0.1) is 0 Å². The fraction of sp³-hybridized carbons (Fsp3) is 0.750. The molecular weight excluding hydrogens is 200 g/mol. The molecule has 94 valence electrons. The van der Waals surface area contributed by atoms with E-state index in [0.717, 1.165) is 25.3 Å². The Kier molecular flexibility index (Phi) is 7.85. The van der Waals surface area contributed by atoms with E-state index in [0.29, 0.717) is 6.54 Å². The molecule has 0 aromatic carbocycles. The lowest BCUT2D eigenvalue weighted by Gasteiger charge is -2.14. The average molecular weight is 226 g/mol. The van der Waals surface area contributed by atoms with Gasteiger partial charge >= 0.3 is 0 Å². The van der Waals surface area contributed by atoms with E-state index in [4.69, 9.17) is 5.73 Å². The van der Waals surface area contributed by atoms with Crippen molar-refractivity contribution in [2.75, 3.05) is 13.6 Å². The first kappa shape index (κ1) is 15.1. The second-order valence-corrected chi connectivity index (χ2v) is 3.48. The molecule has 0 spiro atoms. The average Bonchev–Trinajstić information content (AvgIpc) is 2.73. The number of hydrogen-bond acceptors (Lipinski definition) is 3. The van der Waals surface area contributed by atoms with Crippen molar-refractivity contribution in [3.8, 4) is 0 Å². The highest BCUT2D eigenvalue weighted by atomic mass is 15.3. The van der Waals surface area contributed by atoms with Crippen LogP contribution in [0.4, 0.5) is 0 Å². The summed E-state index contributed by atoms with van der Waals surface area (Å²) in [4.78, 5) is 2.25. The first-order chi connectivity index (χ1) is 7.71. The fourth-order valence-corrected chi connectivity index (χ4v) is 1.40. The molecule has 1 aromatic rings. The highest BCUT2D eigenvalue weighted by Crippen LogP contribution is 2.06.